The molecule has 0 atom stereocenters. The van der Waals surface area contributed by atoms with Crippen LogP contribution in [0.4, 0.5) is 5.69 Å². The van der Waals surface area contributed by atoms with Crippen LogP contribution in [0.15, 0.2) is 12.1 Å². The molecule has 0 fully saturated rings. The van der Waals surface area contributed by atoms with Gasteiger partial charge in [0.1, 0.15) is 6.61 Å². The van der Waals surface area contributed by atoms with Gasteiger partial charge in [-0.15, -0.1) is 0 Å². The highest BCUT2D eigenvalue weighted by Gasteiger charge is 2.12. The molecule has 90 valence electrons. The van der Waals surface area contributed by atoms with Crippen molar-refractivity contribution in [3.05, 3.63) is 12.1 Å². The van der Waals surface area contributed by atoms with Crippen LogP contribution in [0, 0.1) is 0 Å². The number of methoxy groups -OCH3 is 3. The highest BCUT2D eigenvalue weighted by molar-refractivity contribution is 5.60. The quantitative estimate of drug-likeness (QED) is 0.586. The van der Waals surface area contributed by atoms with E-state index >= 15 is 0 Å². The summed E-state index contributed by atoms with van der Waals surface area (Å²) in [7, 11) is 4.72. The van der Waals surface area contributed by atoms with Crippen molar-refractivity contribution in [1.29, 1.82) is 0 Å². The fraction of sp³-hybridized carbons (Fsp3) is 0.455. The second-order valence-electron chi connectivity index (χ2n) is 3.10. The lowest BCUT2D eigenvalue weighted by molar-refractivity contribution is 0.142. The molecule has 16 heavy (non-hydrogen) atoms. The van der Waals surface area contributed by atoms with Crippen molar-refractivity contribution in [2.75, 3.05) is 40.3 Å². The van der Waals surface area contributed by atoms with Crippen LogP contribution in [0.1, 0.15) is 0 Å². The molecule has 0 amide bonds. The van der Waals surface area contributed by atoms with Crippen LogP contribution in [-0.4, -0.2) is 34.5 Å². The van der Waals surface area contributed by atoms with E-state index in [0.29, 0.717) is 36.1 Å². The van der Waals surface area contributed by atoms with Gasteiger partial charge in [-0.05, 0) is 0 Å². The van der Waals surface area contributed by atoms with Crippen LogP contribution in [0.3, 0.4) is 0 Å². The molecule has 0 aliphatic carbocycles. The van der Waals surface area contributed by atoms with Crippen LogP contribution in [-0.2, 0) is 4.74 Å². The van der Waals surface area contributed by atoms with Gasteiger partial charge in [-0.3, -0.25) is 0 Å². The Hall–Kier alpha value is -1.62. The van der Waals surface area contributed by atoms with Gasteiger partial charge in [-0.2, -0.15) is 0 Å². The first-order chi connectivity index (χ1) is 7.72. The maximum absolute atomic E-state index is 5.69. The van der Waals surface area contributed by atoms with E-state index in [9.17, 15) is 0 Å². The van der Waals surface area contributed by atoms with Crippen molar-refractivity contribution in [3.63, 3.8) is 0 Å². The zero-order chi connectivity index (χ0) is 12.0. The third kappa shape index (κ3) is 2.93. The fourth-order valence-corrected chi connectivity index (χ4v) is 1.27. The molecule has 0 aliphatic heterocycles. The summed E-state index contributed by atoms with van der Waals surface area (Å²) in [6, 6.07) is 3.37. The number of nitrogen functional groups attached to an aromatic ring is 1. The molecule has 0 saturated heterocycles. The summed E-state index contributed by atoms with van der Waals surface area (Å²) < 4.78 is 20.8. The van der Waals surface area contributed by atoms with Crippen LogP contribution < -0.4 is 19.9 Å². The van der Waals surface area contributed by atoms with Crippen molar-refractivity contribution in [2.45, 2.75) is 0 Å². The minimum atomic E-state index is 0.424. The molecule has 5 nitrogen and oxygen atoms in total. The average molecular weight is 227 g/mol. The van der Waals surface area contributed by atoms with E-state index in [0.717, 1.165) is 0 Å². The summed E-state index contributed by atoms with van der Waals surface area (Å²) in [5.41, 5.74) is 6.26. The first-order valence-electron chi connectivity index (χ1n) is 4.86. The van der Waals surface area contributed by atoms with Gasteiger partial charge in [-0.1, -0.05) is 0 Å². The van der Waals surface area contributed by atoms with Gasteiger partial charge in [0.15, 0.2) is 11.5 Å². The molecule has 0 saturated carbocycles. The summed E-state index contributed by atoms with van der Waals surface area (Å²) in [4.78, 5) is 0. The van der Waals surface area contributed by atoms with Crippen molar-refractivity contribution in [1.82, 2.24) is 0 Å². The predicted molar refractivity (Wildman–Crippen MR) is 61.3 cm³/mol. The topological polar surface area (TPSA) is 62.9 Å². The molecular formula is C11H17NO4. The molecule has 0 unspecified atom stereocenters. The lowest BCUT2D eigenvalue weighted by atomic mass is 10.2. The minimum Gasteiger partial charge on any atom is -0.493 e. The third-order valence-electron chi connectivity index (χ3n) is 2.02. The molecule has 1 aromatic carbocycles. The highest BCUT2D eigenvalue weighted by Crippen LogP contribution is 2.39. The van der Waals surface area contributed by atoms with Crippen molar-refractivity contribution in [2.24, 2.45) is 0 Å². The number of ether oxygens (including phenoxy) is 4. The maximum Gasteiger partial charge on any atom is 0.203 e. The smallest absolute Gasteiger partial charge is 0.203 e. The van der Waals surface area contributed by atoms with E-state index in [1.54, 1.807) is 33.5 Å². The number of benzene rings is 1. The molecule has 0 bridgehead atoms. The Morgan fingerprint density at radius 3 is 2.00 bits per heavy atom. The third-order valence-corrected chi connectivity index (χ3v) is 2.02. The van der Waals surface area contributed by atoms with E-state index < -0.39 is 0 Å². The highest BCUT2D eigenvalue weighted by atomic mass is 16.6. The van der Waals surface area contributed by atoms with E-state index in [4.69, 9.17) is 24.7 Å². The Labute approximate surface area is 95.1 Å². The summed E-state index contributed by atoms with van der Waals surface area (Å²) >= 11 is 0. The van der Waals surface area contributed by atoms with Gasteiger partial charge in [0.2, 0.25) is 5.75 Å². The lowest BCUT2D eigenvalue weighted by Gasteiger charge is -2.14. The Kier molecular flexibility index (Phi) is 4.72. The fourth-order valence-electron chi connectivity index (χ4n) is 1.27. The summed E-state index contributed by atoms with van der Waals surface area (Å²) in [6.07, 6.45) is 0. The second-order valence-corrected chi connectivity index (χ2v) is 3.10. The molecule has 1 rings (SSSR count). The summed E-state index contributed by atoms with van der Waals surface area (Å²) in [5.74, 6) is 1.64. The van der Waals surface area contributed by atoms with Crippen LogP contribution >= 0.6 is 0 Å². The number of hydrogen-bond acceptors (Lipinski definition) is 5. The van der Waals surface area contributed by atoms with Crippen LogP contribution in [0.25, 0.3) is 0 Å². The van der Waals surface area contributed by atoms with Gasteiger partial charge >= 0.3 is 0 Å². The Bertz CT molecular complexity index is 316. The van der Waals surface area contributed by atoms with E-state index in [2.05, 4.69) is 0 Å². The molecule has 0 spiro atoms. The molecule has 0 aromatic heterocycles. The van der Waals surface area contributed by atoms with Gasteiger partial charge < -0.3 is 24.7 Å². The zero-order valence-electron chi connectivity index (χ0n) is 9.78. The Morgan fingerprint density at radius 1 is 1.00 bits per heavy atom. The van der Waals surface area contributed by atoms with E-state index in [1.807, 2.05) is 0 Å². The number of hydrogen-bond donors (Lipinski definition) is 1. The van der Waals surface area contributed by atoms with Gasteiger partial charge in [0, 0.05) is 24.9 Å². The molecule has 1 aromatic rings. The molecule has 2 N–H and O–H groups in total. The largest absolute Gasteiger partial charge is 0.493 e. The Balaban J connectivity index is 2.93. The minimum absolute atomic E-state index is 0.424. The monoisotopic (exact) mass is 227 g/mol. The standard InChI is InChI=1S/C11H17NO4/c1-13-4-5-16-11-9(14-2)6-8(12)7-10(11)15-3/h6-7H,4-5,12H2,1-3H3. The molecular weight excluding hydrogens is 210 g/mol. The van der Waals surface area contributed by atoms with E-state index in [-0.39, 0.29) is 0 Å². The summed E-state index contributed by atoms with van der Waals surface area (Å²) in [6.45, 7) is 0.920. The first-order valence-corrected chi connectivity index (χ1v) is 4.86. The van der Waals surface area contributed by atoms with Crippen LogP contribution in [0.5, 0.6) is 17.2 Å². The Morgan fingerprint density at radius 2 is 1.56 bits per heavy atom. The molecule has 0 aliphatic rings. The van der Waals surface area contributed by atoms with Crippen molar-refractivity contribution < 1.29 is 18.9 Å². The number of nitrogens with two attached hydrogens (primary N) is 1. The van der Waals surface area contributed by atoms with Gasteiger partial charge in [0.25, 0.3) is 0 Å². The molecule has 0 heterocycles. The van der Waals surface area contributed by atoms with Crippen LogP contribution in [0.2, 0.25) is 0 Å². The lowest BCUT2D eigenvalue weighted by Crippen LogP contribution is -2.06. The summed E-state index contributed by atoms with van der Waals surface area (Å²) in [5, 5.41) is 0. The number of rotatable bonds is 6. The molecule has 5 heteroatoms. The van der Waals surface area contributed by atoms with Crippen molar-refractivity contribution >= 4 is 5.69 Å². The normalized spacial score (nSPS) is 9.94. The van der Waals surface area contributed by atoms with Gasteiger partial charge in [-0.25, -0.2) is 0 Å². The first kappa shape index (κ1) is 12.4. The second kappa shape index (κ2) is 6.07. The average Bonchev–Trinajstić information content (AvgIpc) is 2.30. The van der Waals surface area contributed by atoms with E-state index in [1.165, 1.54) is 0 Å². The predicted octanol–water partition coefficient (Wildman–Crippen LogP) is 1.31. The number of anilines is 1. The SMILES string of the molecule is COCCOc1c(OC)cc(N)cc1OC. The molecule has 0 radical (unpaired) electrons. The van der Waals surface area contributed by atoms with Crippen molar-refractivity contribution in [3.8, 4) is 17.2 Å². The zero-order valence-corrected chi connectivity index (χ0v) is 9.78. The maximum atomic E-state index is 5.69. The van der Waals surface area contributed by atoms with Gasteiger partial charge in [0.05, 0.1) is 20.8 Å².